The van der Waals surface area contributed by atoms with E-state index in [1.54, 1.807) is 19.8 Å². The van der Waals surface area contributed by atoms with Crippen LogP contribution in [0.5, 0.6) is 17.2 Å². The smallest absolute Gasteiger partial charge is 0.139 e. The molecular formula is C56H54Br4O4. The molecule has 4 aliphatic rings. The summed E-state index contributed by atoms with van der Waals surface area (Å²) >= 11 is 15.2. The van der Waals surface area contributed by atoms with Gasteiger partial charge in [-0.2, -0.15) is 0 Å². The fraction of sp³-hybridized carbons (Fsp3) is 0.339. The zero-order valence-electron chi connectivity index (χ0n) is 36.8. The zero-order valence-corrected chi connectivity index (χ0v) is 43.2. The minimum absolute atomic E-state index is 0.0401. The molecular weight excluding hydrogens is 1060 g/mol. The molecule has 1 unspecified atom stereocenters. The van der Waals surface area contributed by atoms with Crippen molar-refractivity contribution in [3.63, 3.8) is 0 Å². The average Bonchev–Trinajstić information content (AvgIpc) is 3.87. The normalized spacial score (nSPS) is 24.1. The number of ketones is 1. The van der Waals surface area contributed by atoms with Crippen LogP contribution in [0, 0.1) is 30.6 Å². The van der Waals surface area contributed by atoms with Gasteiger partial charge in [-0.25, -0.2) is 0 Å². The van der Waals surface area contributed by atoms with Crippen molar-refractivity contribution < 1.29 is 19.0 Å². The van der Waals surface area contributed by atoms with E-state index in [1.807, 2.05) is 49.6 Å². The third-order valence-corrected chi connectivity index (χ3v) is 18.0. The van der Waals surface area contributed by atoms with Crippen LogP contribution in [0.2, 0.25) is 0 Å². The third kappa shape index (κ3) is 8.48. The highest BCUT2D eigenvalue weighted by Gasteiger charge is 2.62. The monoisotopic (exact) mass is 1110 g/mol. The first kappa shape index (κ1) is 45.5. The molecule has 0 aromatic heterocycles. The Kier molecular flexibility index (Phi) is 13.7. The lowest BCUT2D eigenvalue weighted by molar-refractivity contribution is -0.129. The predicted molar refractivity (Wildman–Crippen MR) is 272 cm³/mol. The molecule has 0 amide bonds. The first-order chi connectivity index (χ1) is 31.0. The summed E-state index contributed by atoms with van der Waals surface area (Å²) in [5.74, 6) is 5.12. The lowest BCUT2D eigenvalue weighted by atomic mass is 9.55. The van der Waals surface area contributed by atoms with Gasteiger partial charge in [-0.15, -0.1) is 0 Å². The Morgan fingerprint density at radius 3 is 1.47 bits per heavy atom. The van der Waals surface area contributed by atoms with E-state index >= 15 is 0 Å². The molecule has 0 heterocycles. The molecule has 0 saturated heterocycles. The van der Waals surface area contributed by atoms with Crippen LogP contribution in [0.3, 0.4) is 0 Å². The first-order valence-electron chi connectivity index (χ1n) is 22.5. The van der Waals surface area contributed by atoms with Crippen molar-refractivity contribution in [2.45, 2.75) is 75.5 Å². The first-order valence-corrected chi connectivity index (χ1v) is 25.6. The summed E-state index contributed by atoms with van der Waals surface area (Å²) in [5.41, 5.74) is 12.6. The van der Waals surface area contributed by atoms with E-state index in [-0.39, 0.29) is 17.3 Å². The van der Waals surface area contributed by atoms with Gasteiger partial charge in [0.15, 0.2) is 0 Å². The topological polar surface area (TPSA) is 44.8 Å². The van der Waals surface area contributed by atoms with E-state index in [1.165, 1.54) is 55.2 Å². The van der Waals surface area contributed by atoms with E-state index < -0.39 is 0 Å². The third-order valence-electron chi connectivity index (χ3n) is 15.0. The van der Waals surface area contributed by atoms with E-state index in [0.29, 0.717) is 42.3 Å². The highest BCUT2D eigenvalue weighted by Crippen LogP contribution is 2.68. The van der Waals surface area contributed by atoms with Crippen molar-refractivity contribution in [2.24, 2.45) is 23.7 Å². The van der Waals surface area contributed by atoms with E-state index in [2.05, 4.69) is 150 Å². The SMILES string of the molecule is COc1ccc(Br)c(C[C@@H]2CC(c3ccccc3)C[C@@H](Cc3cc(OC)ccc3Br)C2=O)c1.COc1ccc(Br)c2c1[C@@]13c4c(C)ccc(Br)c4C[C@@H]1CC(c1ccccc1)C[C@H]3C2. The van der Waals surface area contributed by atoms with Gasteiger partial charge in [0.2, 0.25) is 0 Å². The number of benzene rings is 6. The van der Waals surface area contributed by atoms with Gasteiger partial charge < -0.3 is 14.2 Å². The number of hydrogen-bond acceptors (Lipinski definition) is 4. The predicted octanol–water partition coefficient (Wildman–Crippen LogP) is 15.1. The van der Waals surface area contributed by atoms with Crippen LogP contribution in [-0.4, -0.2) is 27.1 Å². The van der Waals surface area contributed by atoms with Crippen LogP contribution in [0.4, 0.5) is 0 Å². The molecule has 8 heteroatoms. The number of Topliss-reactive ketones (excluding diaryl/α,β-unsaturated/α-hetero) is 1. The molecule has 10 rings (SSSR count). The molecule has 330 valence electrons. The summed E-state index contributed by atoms with van der Waals surface area (Å²) in [4.78, 5) is 13.7. The van der Waals surface area contributed by atoms with Crippen molar-refractivity contribution in [2.75, 3.05) is 21.3 Å². The molecule has 1 spiro atoms. The number of halogens is 4. The Bertz CT molecular complexity index is 2590. The Hall–Kier alpha value is -3.69. The van der Waals surface area contributed by atoms with E-state index in [0.717, 1.165) is 63.0 Å². The largest absolute Gasteiger partial charge is 0.497 e. The Morgan fingerprint density at radius 1 is 0.531 bits per heavy atom. The summed E-state index contributed by atoms with van der Waals surface area (Å²) in [6.45, 7) is 2.31. The average molecular weight is 1110 g/mol. The molecule has 0 N–H and O–H groups in total. The summed E-state index contributed by atoms with van der Waals surface area (Å²) < 4.78 is 21.4. The fourth-order valence-electron chi connectivity index (χ4n) is 12.3. The van der Waals surface area contributed by atoms with E-state index in [9.17, 15) is 4.79 Å². The number of aryl methyl sites for hydroxylation is 1. The van der Waals surface area contributed by atoms with Gasteiger partial charge in [0, 0.05) is 40.7 Å². The Balaban J connectivity index is 0.000000162. The highest BCUT2D eigenvalue weighted by atomic mass is 79.9. The quantitative estimate of drug-likeness (QED) is 0.145. The van der Waals surface area contributed by atoms with Crippen LogP contribution in [0.25, 0.3) is 0 Å². The number of fused-ring (bicyclic) bond motifs is 2. The van der Waals surface area contributed by atoms with Crippen LogP contribution < -0.4 is 14.2 Å². The summed E-state index contributed by atoms with van der Waals surface area (Å²) in [6, 6.07) is 42.7. The maximum atomic E-state index is 13.7. The summed E-state index contributed by atoms with van der Waals surface area (Å²) in [5, 5.41) is 0. The number of carbonyl (C=O) groups is 1. The van der Waals surface area contributed by atoms with Crippen LogP contribution in [-0.2, 0) is 35.9 Å². The minimum Gasteiger partial charge on any atom is -0.497 e. The molecule has 6 aromatic rings. The lowest BCUT2D eigenvalue weighted by Gasteiger charge is -2.47. The van der Waals surface area contributed by atoms with Crippen LogP contribution >= 0.6 is 63.7 Å². The second-order valence-electron chi connectivity index (χ2n) is 18.3. The summed E-state index contributed by atoms with van der Waals surface area (Å²) in [7, 11) is 5.18. The van der Waals surface area contributed by atoms with Crippen LogP contribution in [0.1, 0.15) is 87.6 Å². The maximum Gasteiger partial charge on any atom is 0.139 e. The van der Waals surface area contributed by atoms with Crippen LogP contribution in [0.15, 0.2) is 139 Å². The molecule has 4 aliphatic carbocycles. The Labute approximate surface area is 412 Å². The molecule has 0 aliphatic heterocycles. The van der Waals surface area contributed by atoms with Gasteiger partial charge in [0.1, 0.15) is 23.0 Å². The van der Waals surface area contributed by atoms with Gasteiger partial charge in [-0.3, -0.25) is 4.79 Å². The van der Waals surface area contributed by atoms with Gasteiger partial charge in [0.05, 0.1) is 21.3 Å². The van der Waals surface area contributed by atoms with Gasteiger partial charge in [0.25, 0.3) is 0 Å². The molecule has 4 nitrogen and oxygen atoms in total. The molecule has 6 atom stereocenters. The standard InChI is InChI=1S/C28H28Br2O3.C28H26Br2O/c1-32-24-8-10-26(29)20(16-24)14-22-12-19(18-6-4-3-5-7-18)13-23(28(22)31)15-21-17-25(33-2)9-11-27(21)30;1-16-8-9-23(29)21-14-19-12-18(17-6-4-3-5-7-17)13-20-15-22-24(30)10-11-25(31-2)27(22)28(19,20)26(16)21/h3-11,16-17,19,22-23H,12-15H2,1-2H3;3-11,18-20H,12-15H2,1-2H3/t22-,23-;18?,19-,20-,28-/m00/s1. The van der Waals surface area contributed by atoms with Gasteiger partial charge in [-0.05, 0) is 181 Å². The molecule has 2 fully saturated rings. The number of carbonyl (C=O) groups excluding carboxylic acids is 1. The zero-order chi connectivity index (χ0) is 44.7. The summed E-state index contributed by atoms with van der Waals surface area (Å²) in [6.07, 6.45) is 7.87. The van der Waals surface area contributed by atoms with Crippen molar-refractivity contribution >= 4 is 69.5 Å². The fourth-order valence-corrected chi connectivity index (χ4v) is 14.1. The molecule has 0 radical (unpaired) electrons. The number of ether oxygens (including phenoxy) is 3. The second-order valence-corrected chi connectivity index (χ2v) is 21.7. The van der Waals surface area contributed by atoms with Crippen molar-refractivity contribution in [3.05, 3.63) is 189 Å². The minimum atomic E-state index is -0.0401. The number of methoxy groups -OCH3 is 3. The van der Waals surface area contributed by atoms with Gasteiger partial charge in [-0.1, -0.05) is 130 Å². The molecule has 0 bridgehead atoms. The van der Waals surface area contributed by atoms with Crippen molar-refractivity contribution in [3.8, 4) is 17.2 Å². The molecule has 2 saturated carbocycles. The van der Waals surface area contributed by atoms with Crippen molar-refractivity contribution in [1.29, 1.82) is 0 Å². The number of hydrogen-bond donors (Lipinski definition) is 0. The number of rotatable bonds is 9. The molecule has 64 heavy (non-hydrogen) atoms. The lowest BCUT2D eigenvalue weighted by Crippen LogP contribution is -2.43. The Morgan fingerprint density at radius 2 is 0.984 bits per heavy atom. The van der Waals surface area contributed by atoms with Gasteiger partial charge >= 0.3 is 0 Å². The second kappa shape index (κ2) is 19.3. The maximum absolute atomic E-state index is 13.7. The van der Waals surface area contributed by atoms with E-state index in [4.69, 9.17) is 14.2 Å². The molecule has 6 aromatic carbocycles. The van der Waals surface area contributed by atoms with Crippen molar-refractivity contribution in [1.82, 2.24) is 0 Å². The highest BCUT2D eigenvalue weighted by molar-refractivity contribution is 9.11.